The van der Waals surface area contributed by atoms with Crippen LogP contribution >= 0.6 is 15.9 Å². The molecule has 0 radical (unpaired) electrons. The van der Waals surface area contributed by atoms with Gasteiger partial charge in [0.25, 0.3) is 0 Å². The van der Waals surface area contributed by atoms with Crippen LogP contribution in [0.1, 0.15) is 19.4 Å². The molecule has 0 aliphatic carbocycles. The number of alkyl halides is 1. The molecule has 1 aromatic rings. The Balaban J connectivity index is 2.94. The predicted octanol–water partition coefficient (Wildman–Crippen LogP) is 3.45. The number of hydrogen-bond acceptors (Lipinski definition) is 1. The zero-order valence-corrected chi connectivity index (χ0v) is 11.0. The van der Waals surface area contributed by atoms with Gasteiger partial charge in [0.1, 0.15) is 11.5 Å². The van der Waals surface area contributed by atoms with Crippen molar-refractivity contribution in [3.05, 3.63) is 34.1 Å². The maximum absolute atomic E-state index is 14.3. The Hall–Kier alpha value is -0.480. The summed E-state index contributed by atoms with van der Waals surface area (Å²) in [5.74, 6) is -0.563. The van der Waals surface area contributed by atoms with Crippen LogP contribution in [0.25, 0.3) is 0 Å². The fourth-order valence-electron chi connectivity index (χ4n) is 1.56. The maximum atomic E-state index is 14.3. The van der Waals surface area contributed by atoms with E-state index in [1.807, 2.05) is 0 Å². The second kappa shape index (κ2) is 5.23. The van der Waals surface area contributed by atoms with Crippen molar-refractivity contribution in [2.75, 3.05) is 6.54 Å². The van der Waals surface area contributed by atoms with Gasteiger partial charge in [0.2, 0.25) is 0 Å². The van der Waals surface area contributed by atoms with Gasteiger partial charge in [-0.15, -0.1) is 0 Å². The summed E-state index contributed by atoms with van der Waals surface area (Å²) in [5.41, 5.74) is 4.59. The normalized spacial score (nSPS) is 15.2. The third kappa shape index (κ3) is 3.25. The van der Waals surface area contributed by atoms with Gasteiger partial charge in [-0.25, -0.2) is 8.78 Å². The van der Waals surface area contributed by atoms with E-state index >= 15 is 0 Å². The quantitative estimate of drug-likeness (QED) is 0.903. The van der Waals surface area contributed by atoms with Crippen molar-refractivity contribution in [3.8, 4) is 0 Å². The van der Waals surface area contributed by atoms with Gasteiger partial charge in [0.05, 0.1) is 0 Å². The van der Waals surface area contributed by atoms with Crippen molar-refractivity contribution in [3.63, 3.8) is 0 Å². The predicted molar refractivity (Wildman–Crippen MR) is 65.5 cm³/mol. The summed E-state index contributed by atoms with van der Waals surface area (Å²) < 4.78 is 28.1. The van der Waals surface area contributed by atoms with Crippen LogP contribution in [0.4, 0.5) is 8.78 Å². The lowest BCUT2D eigenvalue weighted by Crippen LogP contribution is -2.40. The Morgan fingerprint density at radius 2 is 2.00 bits per heavy atom. The van der Waals surface area contributed by atoms with Crippen LogP contribution in [0.2, 0.25) is 0 Å². The smallest absolute Gasteiger partial charge is 0.129 e. The largest absolute Gasteiger partial charge is 0.328 e. The Kier molecular flexibility index (Phi) is 4.44. The van der Waals surface area contributed by atoms with Crippen molar-refractivity contribution < 1.29 is 8.78 Å². The van der Waals surface area contributed by atoms with Crippen LogP contribution in [-0.4, -0.2) is 12.2 Å². The first-order valence-corrected chi connectivity index (χ1v) is 6.00. The standard InChI is InChI=1S/C12H16BrF2N/c1-8(2)12(15,7-16)6-9-3-10(13)5-11(14)4-9/h3-5,8H,6-7,16H2,1-2H3. The minimum Gasteiger partial charge on any atom is -0.328 e. The zero-order valence-electron chi connectivity index (χ0n) is 9.43. The van der Waals surface area contributed by atoms with Gasteiger partial charge in [0, 0.05) is 17.4 Å². The Morgan fingerprint density at radius 3 is 2.44 bits per heavy atom. The molecule has 0 saturated heterocycles. The van der Waals surface area contributed by atoms with E-state index in [1.54, 1.807) is 19.9 Å². The summed E-state index contributed by atoms with van der Waals surface area (Å²) in [6.07, 6.45) is 0.136. The lowest BCUT2D eigenvalue weighted by molar-refractivity contribution is 0.110. The van der Waals surface area contributed by atoms with Gasteiger partial charge >= 0.3 is 0 Å². The van der Waals surface area contributed by atoms with Gasteiger partial charge in [0.15, 0.2) is 0 Å². The third-order valence-electron chi connectivity index (χ3n) is 2.79. The van der Waals surface area contributed by atoms with Crippen molar-refractivity contribution in [1.29, 1.82) is 0 Å². The van der Waals surface area contributed by atoms with Crippen molar-refractivity contribution in [2.24, 2.45) is 11.7 Å². The molecule has 4 heteroatoms. The van der Waals surface area contributed by atoms with Gasteiger partial charge in [-0.05, 0) is 29.7 Å². The van der Waals surface area contributed by atoms with Crippen LogP contribution in [-0.2, 0) is 6.42 Å². The highest BCUT2D eigenvalue weighted by Crippen LogP contribution is 2.27. The summed E-state index contributed by atoms with van der Waals surface area (Å²) >= 11 is 3.19. The topological polar surface area (TPSA) is 26.0 Å². The summed E-state index contributed by atoms with van der Waals surface area (Å²) in [6.45, 7) is 3.50. The monoisotopic (exact) mass is 291 g/mol. The van der Waals surface area contributed by atoms with Crippen LogP contribution in [0, 0.1) is 11.7 Å². The maximum Gasteiger partial charge on any atom is 0.129 e. The molecule has 0 amide bonds. The molecular formula is C12H16BrF2N. The molecule has 16 heavy (non-hydrogen) atoms. The minimum atomic E-state index is -1.48. The molecule has 0 aliphatic heterocycles. The van der Waals surface area contributed by atoms with Gasteiger partial charge in [-0.2, -0.15) is 0 Å². The molecule has 1 aromatic carbocycles. The zero-order chi connectivity index (χ0) is 12.3. The Morgan fingerprint density at radius 1 is 1.38 bits per heavy atom. The van der Waals surface area contributed by atoms with E-state index < -0.39 is 5.67 Å². The minimum absolute atomic E-state index is 0.0567. The molecule has 0 fully saturated rings. The van der Waals surface area contributed by atoms with E-state index in [4.69, 9.17) is 5.73 Å². The fourth-order valence-corrected chi connectivity index (χ4v) is 2.08. The molecule has 0 spiro atoms. The van der Waals surface area contributed by atoms with E-state index in [-0.39, 0.29) is 24.7 Å². The molecular weight excluding hydrogens is 276 g/mol. The summed E-state index contributed by atoms with van der Waals surface area (Å²) in [5, 5.41) is 0. The average molecular weight is 292 g/mol. The SMILES string of the molecule is CC(C)C(F)(CN)Cc1cc(F)cc(Br)c1. The lowest BCUT2D eigenvalue weighted by atomic mass is 9.86. The summed E-state index contributed by atoms with van der Waals surface area (Å²) in [4.78, 5) is 0. The molecule has 90 valence electrons. The number of rotatable bonds is 4. The van der Waals surface area contributed by atoms with Crippen LogP contribution in [0.3, 0.4) is 0 Å². The second-order valence-electron chi connectivity index (χ2n) is 4.35. The van der Waals surface area contributed by atoms with Crippen LogP contribution < -0.4 is 5.73 Å². The van der Waals surface area contributed by atoms with Crippen molar-refractivity contribution in [1.82, 2.24) is 0 Å². The first-order valence-electron chi connectivity index (χ1n) is 5.21. The number of halogens is 3. The molecule has 1 atom stereocenters. The molecule has 0 bridgehead atoms. The molecule has 0 aliphatic rings. The third-order valence-corrected chi connectivity index (χ3v) is 3.25. The lowest BCUT2D eigenvalue weighted by Gasteiger charge is -2.28. The average Bonchev–Trinajstić information content (AvgIpc) is 2.15. The van der Waals surface area contributed by atoms with E-state index in [0.29, 0.717) is 10.0 Å². The molecule has 1 nitrogen and oxygen atoms in total. The first kappa shape index (κ1) is 13.6. The molecule has 1 rings (SSSR count). The molecule has 0 aromatic heterocycles. The molecule has 0 heterocycles. The van der Waals surface area contributed by atoms with E-state index in [2.05, 4.69) is 15.9 Å². The Labute approximate surface area is 103 Å². The highest BCUT2D eigenvalue weighted by atomic mass is 79.9. The van der Waals surface area contributed by atoms with Crippen LogP contribution in [0.5, 0.6) is 0 Å². The molecule has 2 N–H and O–H groups in total. The molecule has 0 saturated carbocycles. The van der Waals surface area contributed by atoms with E-state index in [9.17, 15) is 8.78 Å². The van der Waals surface area contributed by atoms with Gasteiger partial charge < -0.3 is 5.73 Å². The second-order valence-corrected chi connectivity index (χ2v) is 5.26. The van der Waals surface area contributed by atoms with Crippen molar-refractivity contribution in [2.45, 2.75) is 25.9 Å². The molecule has 1 unspecified atom stereocenters. The van der Waals surface area contributed by atoms with E-state index in [1.165, 1.54) is 12.1 Å². The first-order chi connectivity index (χ1) is 7.37. The number of benzene rings is 1. The number of nitrogens with two attached hydrogens (primary N) is 1. The fraction of sp³-hybridized carbons (Fsp3) is 0.500. The Bertz CT molecular complexity index is 348. The van der Waals surface area contributed by atoms with Gasteiger partial charge in [-0.1, -0.05) is 29.8 Å². The van der Waals surface area contributed by atoms with Crippen LogP contribution in [0.15, 0.2) is 22.7 Å². The van der Waals surface area contributed by atoms with E-state index in [0.717, 1.165) is 0 Å². The van der Waals surface area contributed by atoms with Gasteiger partial charge in [-0.3, -0.25) is 0 Å². The summed E-state index contributed by atoms with van der Waals surface area (Å²) in [6, 6.07) is 4.41. The van der Waals surface area contributed by atoms with Crippen molar-refractivity contribution >= 4 is 15.9 Å². The number of hydrogen-bond donors (Lipinski definition) is 1. The summed E-state index contributed by atoms with van der Waals surface area (Å²) in [7, 11) is 0. The highest BCUT2D eigenvalue weighted by molar-refractivity contribution is 9.10. The highest BCUT2D eigenvalue weighted by Gasteiger charge is 2.32.